The molecule has 100 valence electrons. The van der Waals surface area contributed by atoms with Gasteiger partial charge in [-0.25, -0.2) is 9.78 Å². The van der Waals surface area contributed by atoms with E-state index in [-0.39, 0.29) is 12.0 Å². The van der Waals surface area contributed by atoms with Crippen molar-refractivity contribution < 1.29 is 9.53 Å². The fraction of sp³-hybridized carbons (Fsp3) is 0.429. The zero-order chi connectivity index (χ0) is 13.2. The number of methoxy groups -OCH3 is 1. The summed E-state index contributed by atoms with van der Waals surface area (Å²) in [5.41, 5.74) is 1.54. The van der Waals surface area contributed by atoms with Crippen LogP contribution in [0.3, 0.4) is 0 Å². The molecule has 0 amide bonds. The molecular formula is C14H17N3O2. The molecule has 1 unspecified atom stereocenters. The van der Waals surface area contributed by atoms with Gasteiger partial charge in [0.1, 0.15) is 5.82 Å². The number of piperidine rings is 1. The van der Waals surface area contributed by atoms with Crippen LogP contribution in [-0.4, -0.2) is 29.0 Å². The maximum atomic E-state index is 11.6. The van der Waals surface area contributed by atoms with E-state index in [1.165, 1.54) is 20.0 Å². The summed E-state index contributed by atoms with van der Waals surface area (Å²) in [6, 6.07) is 3.93. The fourth-order valence-corrected chi connectivity index (χ4v) is 2.58. The smallest absolute Gasteiger partial charge is 0.339 e. The molecule has 1 saturated heterocycles. The summed E-state index contributed by atoms with van der Waals surface area (Å²) in [5.74, 6) is 0.651. The van der Waals surface area contributed by atoms with Crippen molar-refractivity contribution in [2.24, 2.45) is 0 Å². The highest BCUT2D eigenvalue weighted by Gasteiger charge is 2.19. The number of nitrogens with one attached hydrogen (secondary N) is 1. The first-order valence-corrected chi connectivity index (χ1v) is 6.58. The molecule has 2 aromatic heterocycles. The highest BCUT2D eigenvalue weighted by Crippen LogP contribution is 2.23. The van der Waals surface area contributed by atoms with E-state index in [2.05, 4.69) is 10.3 Å². The van der Waals surface area contributed by atoms with Crippen LogP contribution in [0.25, 0.3) is 5.52 Å². The first-order valence-electron chi connectivity index (χ1n) is 6.58. The zero-order valence-electron chi connectivity index (χ0n) is 10.9. The number of esters is 1. The van der Waals surface area contributed by atoms with Crippen LogP contribution in [0.5, 0.6) is 0 Å². The lowest BCUT2D eigenvalue weighted by Crippen LogP contribution is -2.28. The Morgan fingerprint density at radius 1 is 1.47 bits per heavy atom. The Bertz CT molecular complexity index is 600. The van der Waals surface area contributed by atoms with Gasteiger partial charge in [-0.05, 0) is 31.5 Å². The summed E-state index contributed by atoms with van der Waals surface area (Å²) in [5, 5.41) is 3.48. The minimum absolute atomic E-state index is 0.268. The van der Waals surface area contributed by atoms with E-state index in [1.807, 2.05) is 16.7 Å². The van der Waals surface area contributed by atoms with Crippen molar-refractivity contribution in [1.82, 2.24) is 14.7 Å². The number of fused-ring (bicyclic) bond motifs is 1. The van der Waals surface area contributed by atoms with E-state index < -0.39 is 0 Å². The minimum Gasteiger partial charge on any atom is -0.465 e. The number of hydrogen-bond donors (Lipinski definition) is 1. The van der Waals surface area contributed by atoms with Gasteiger partial charge in [-0.2, -0.15) is 0 Å². The lowest BCUT2D eigenvalue weighted by molar-refractivity contribution is 0.0600. The van der Waals surface area contributed by atoms with Gasteiger partial charge in [0.25, 0.3) is 0 Å². The van der Waals surface area contributed by atoms with Gasteiger partial charge in [-0.15, -0.1) is 0 Å². The van der Waals surface area contributed by atoms with Crippen LogP contribution in [-0.2, 0) is 4.74 Å². The summed E-state index contributed by atoms with van der Waals surface area (Å²) in [7, 11) is 1.39. The third-order valence-corrected chi connectivity index (χ3v) is 3.60. The second kappa shape index (κ2) is 5.01. The Morgan fingerprint density at radius 3 is 3.11 bits per heavy atom. The predicted molar refractivity (Wildman–Crippen MR) is 71.1 cm³/mol. The number of pyridine rings is 1. The standard InChI is InChI=1S/C14H17N3O2/c1-19-14(18)10-5-6-11-8-16-13(17(11)9-10)12-4-2-3-7-15-12/h5-6,8-9,12,15H,2-4,7H2,1H3. The van der Waals surface area contributed by atoms with Crippen LogP contribution in [0.2, 0.25) is 0 Å². The predicted octanol–water partition coefficient (Wildman–Crippen LogP) is 1.94. The Kier molecular flexibility index (Phi) is 3.21. The minimum atomic E-state index is -0.321. The average Bonchev–Trinajstić information content (AvgIpc) is 2.90. The van der Waals surface area contributed by atoms with Gasteiger partial charge in [0, 0.05) is 6.20 Å². The number of hydrogen-bond acceptors (Lipinski definition) is 4. The molecule has 3 heterocycles. The summed E-state index contributed by atoms with van der Waals surface area (Å²) in [4.78, 5) is 16.1. The van der Waals surface area contributed by atoms with Gasteiger partial charge in [0.05, 0.1) is 30.4 Å². The zero-order valence-corrected chi connectivity index (χ0v) is 10.9. The van der Waals surface area contributed by atoms with E-state index in [4.69, 9.17) is 4.74 Å². The molecule has 5 nitrogen and oxygen atoms in total. The molecule has 1 aliphatic rings. The van der Waals surface area contributed by atoms with E-state index >= 15 is 0 Å². The van der Waals surface area contributed by atoms with Crippen LogP contribution in [0, 0.1) is 0 Å². The molecule has 0 spiro atoms. The first kappa shape index (κ1) is 12.2. The lowest BCUT2D eigenvalue weighted by Gasteiger charge is -2.22. The van der Waals surface area contributed by atoms with Crippen LogP contribution >= 0.6 is 0 Å². The summed E-state index contributed by atoms with van der Waals surface area (Å²) in [6.45, 7) is 1.02. The molecule has 1 atom stereocenters. The van der Waals surface area contributed by atoms with Crippen molar-refractivity contribution in [2.75, 3.05) is 13.7 Å². The Labute approximate surface area is 111 Å². The van der Waals surface area contributed by atoms with Crippen molar-refractivity contribution in [1.29, 1.82) is 0 Å². The van der Waals surface area contributed by atoms with Gasteiger partial charge >= 0.3 is 5.97 Å². The molecule has 0 radical (unpaired) electrons. The molecule has 1 aliphatic heterocycles. The van der Waals surface area contributed by atoms with Crippen LogP contribution in [0.4, 0.5) is 0 Å². The molecule has 5 heteroatoms. The quantitative estimate of drug-likeness (QED) is 0.837. The third kappa shape index (κ3) is 2.21. The van der Waals surface area contributed by atoms with Crippen molar-refractivity contribution >= 4 is 11.5 Å². The monoisotopic (exact) mass is 259 g/mol. The largest absolute Gasteiger partial charge is 0.465 e. The number of ether oxygens (including phenoxy) is 1. The molecule has 19 heavy (non-hydrogen) atoms. The summed E-state index contributed by atoms with van der Waals surface area (Å²) >= 11 is 0. The Morgan fingerprint density at radius 2 is 2.37 bits per heavy atom. The Balaban J connectivity index is 2.02. The SMILES string of the molecule is COC(=O)c1ccc2cnc(C3CCCCN3)n2c1. The van der Waals surface area contributed by atoms with Gasteiger partial charge < -0.3 is 14.5 Å². The topological polar surface area (TPSA) is 55.6 Å². The first-order chi connectivity index (χ1) is 9.29. The number of carbonyl (C=O) groups is 1. The second-order valence-electron chi connectivity index (χ2n) is 4.82. The Hall–Kier alpha value is -1.88. The fourth-order valence-electron chi connectivity index (χ4n) is 2.58. The highest BCUT2D eigenvalue weighted by molar-refractivity contribution is 5.89. The van der Waals surface area contributed by atoms with Gasteiger partial charge in [-0.1, -0.05) is 6.42 Å². The number of aromatic nitrogens is 2. The van der Waals surface area contributed by atoms with Crippen molar-refractivity contribution in [3.8, 4) is 0 Å². The second-order valence-corrected chi connectivity index (χ2v) is 4.82. The maximum absolute atomic E-state index is 11.6. The van der Waals surface area contributed by atoms with Gasteiger partial charge in [0.15, 0.2) is 0 Å². The van der Waals surface area contributed by atoms with Gasteiger partial charge in [-0.3, -0.25) is 0 Å². The molecule has 0 aromatic carbocycles. The maximum Gasteiger partial charge on any atom is 0.339 e. The third-order valence-electron chi connectivity index (χ3n) is 3.60. The van der Waals surface area contributed by atoms with E-state index in [1.54, 1.807) is 12.3 Å². The van der Waals surface area contributed by atoms with Crippen molar-refractivity contribution in [2.45, 2.75) is 25.3 Å². The molecule has 1 N–H and O–H groups in total. The van der Waals surface area contributed by atoms with E-state index in [9.17, 15) is 4.79 Å². The number of carbonyl (C=O) groups excluding carboxylic acids is 1. The average molecular weight is 259 g/mol. The highest BCUT2D eigenvalue weighted by atomic mass is 16.5. The van der Waals surface area contributed by atoms with Gasteiger partial charge in [0.2, 0.25) is 0 Å². The number of imidazole rings is 1. The lowest BCUT2D eigenvalue weighted by atomic mass is 10.0. The molecule has 0 saturated carbocycles. The molecule has 3 rings (SSSR count). The normalized spacial score (nSPS) is 19.5. The number of rotatable bonds is 2. The number of nitrogens with zero attached hydrogens (tertiary/aromatic N) is 2. The molecule has 0 bridgehead atoms. The molecule has 2 aromatic rings. The van der Waals surface area contributed by atoms with E-state index in [0.717, 1.165) is 24.3 Å². The molecule has 1 fully saturated rings. The van der Waals surface area contributed by atoms with Crippen LogP contribution < -0.4 is 5.32 Å². The van der Waals surface area contributed by atoms with E-state index in [0.29, 0.717) is 5.56 Å². The van der Waals surface area contributed by atoms with Crippen molar-refractivity contribution in [3.05, 3.63) is 35.9 Å². The molecule has 0 aliphatic carbocycles. The van der Waals surface area contributed by atoms with Crippen molar-refractivity contribution in [3.63, 3.8) is 0 Å². The molecular weight excluding hydrogens is 242 g/mol. The summed E-state index contributed by atoms with van der Waals surface area (Å²) in [6.07, 6.45) is 7.16. The van der Waals surface area contributed by atoms with Crippen LogP contribution in [0.1, 0.15) is 41.5 Å². The van der Waals surface area contributed by atoms with Crippen LogP contribution in [0.15, 0.2) is 24.5 Å². The summed E-state index contributed by atoms with van der Waals surface area (Å²) < 4.78 is 6.74.